The molecule has 0 bridgehead atoms. The Morgan fingerprint density at radius 1 is 0.822 bits per heavy atom. The van der Waals surface area contributed by atoms with Crippen LogP contribution >= 0.6 is 0 Å². The lowest BCUT2D eigenvalue weighted by atomic mass is 10.0. The number of benzene rings is 4. The molecule has 1 atom stereocenters. The number of carbonyl (C=O) groups excluding carboxylic acids is 2. The van der Waals surface area contributed by atoms with Gasteiger partial charge in [0.15, 0.2) is 0 Å². The summed E-state index contributed by atoms with van der Waals surface area (Å²) in [5, 5.41) is 2.89. The van der Waals surface area contributed by atoms with E-state index in [1.807, 2.05) is 82.3 Å². The maximum atomic E-state index is 14.5. The van der Waals surface area contributed by atoms with Gasteiger partial charge in [0.05, 0.1) is 17.2 Å². The van der Waals surface area contributed by atoms with Gasteiger partial charge in [-0.1, -0.05) is 72.3 Å². The first kappa shape index (κ1) is 33.3. The Kier molecular flexibility index (Phi) is 11.4. The van der Waals surface area contributed by atoms with Crippen LogP contribution in [-0.2, 0) is 32.6 Å². The number of carbonyl (C=O) groups is 2. The minimum Gasteiger partial charge on any atom is -0.494 e. The fourth-order valence-corrected chi connectivity index (χ4v) is 6.47. The van der Waals surface area contributed by atoms with Gasteiger partial charge >= 0.3 is 0 Å². The number of likely N-dealkylation sites (N-methyl/N-ethyl adjacent to an activating group) is 1. The molecule has 0 aliphatic heterocycles. The molecule has 1 N–H and O–H groups in total. The second kappa shape index (κ2) is 15.4. The van der Waals surface area contributed by atoms with Crippen LogP contribution in [0.1, 0.15) is 36.1 Å². The molecule has 0 heterocycles. The average molecular weight is 628 g/mol. The van der Waals surface area contributed by atoms with Crippen molar-refractivity contribution in [3.63, 3.8) is 0 Å². The highest BCUT2D eigenvalue weighted by atomic mass is 32.2. The van der Waals surface area contributed by atoms with Crippen molar-refractivity contribution in [3.8, 4) is 5.75 Å². The summed E-state index contributed by atoms with van der Waals surface area (Å²) in [5.74, 6) is -0.229. The first-order chi connectivity index (χ1) is 21.6. The fourth-order valence-electron chi connectivity index (χ4n) is 5.06. The van der Waals surface area contributed by atoms with Crippen molar-refractivity contribution in [1.29, 1.82) is 0 Å². The van der Waals surface area contributed by atoms with Gasteiger partial charge in [0.2, 0.25) is 11.8 Å². The van der Waals surface area contributed by atoms with Gasteiger partial charge < -0.3 is 15.0 Å². The predicted octanol–water partition coefficient (Wildman–Crippen LogP) is 5.67. The Labute approximate surface area is 266 Å². The Bertz CT molecular complexity index is 1670. The summed E-state index contributed by atoms with van der Waals surface area (Å²) in [7, 11) is -4.18. The third-order valence-corrected chi connectivity index (χ3v) is 9.34. The first-order valence-corrected chi connectivity index (χ1v) is 16.6. The minimum atomic E-state index is -4.18. The topological polar surface area (TPSA) is 96.0 Å². The van der Waals surface area contributed by atoms with Crippen LogP contribution in [0.4, 0.5) is 5.69 Å². The van der Waals surface area contributed by atoms with Gasteiger partial charge in [-0.15, -0.1) is 0 Å². The zero-order chi connectivity index (χ0) is 32.4. The van der Waals surface area contributed by atoms with E-state index in [9.17, 15) is 18.0 Å². The Morgan fingerprint density at radius 2 is 1.47 bits per heavy atom. The van der Waals surface area contributed by atoms with Crippen LogP contribution < -0.4 is 14.4 Å². The van der Waals surface area contributed by atoms with Gasteiger partial charge in [-0.05, 0) is 80.8 Å². The molecule has 4 rings (SSSR count). The zero-order valence-corrected chi connectivity index (χ0v) is 27.1. The monoisotopic (exact) mass is 627 g/mol. The van der Waals surface area contributed by atoms with E-state index in [4.69, 9.17) is 4.74 Å². The third-order valence-electron chi connectivity index (χ3n) is 7.55. The molecule has 0 saturated heterocycles. The number of nitrogens with zero attached hydrogens (tertiary/aromatic N) is 2. The number of aryl methyl sites for hydroxylation is 2. The summed E-state index contributed by atoms with van der Waals surface area (Å²) >= 11 is 0. The summed E-state index contributed by atoms with van der Waals surface area (Å²) in [6.07, 6.45) is 0.262. The van der Waals surface area contributed by atoms with Crippen molar-refractivity contribution in [3.05, 3.63) is 125 Å². The van der Waals surface area contributed by atoms with Gasteiger partial charge in [-0.2, -0.15) is 0 Å². The molecule has 4 aromatic carbocycles. The van der Waals surface area contributed by atoms with Crippen molar-refractivity contribution in [1.82, 2.24) is 10.2 Å². The molecule has 0 aromatic heterocycles. The molecule has 45 heavy (non-hydrogen) atoms. The molecule has 0 saturated carbocycles. The molecule has 236 valence electrons. The summed E-state index contributed by atoms with van der Waals surface area (Å²) in [5.41, 5.74) is 3.92. The number of anilines is 1. The van der Waals surface area contributed by atoms with Gasteiger partial charge in [0, 0.05) is 19.5 Å². The summed E-state index contributed by atoms with van der Waals surface area (Å²) < 4.78 is 35.0. The van der Waals surface area contributed by atoms with E-state index in [0.717, 1.165) is 26.6 Å². The molecule has 0 radical (unpaired) electrons. The lowest BCUT2D eigenvalue weighted by Crippen LogP contribution is -2.53. The molecule has 2 amide bonds. The van der Waals surface area contributed by atoms with Gasteiger partial charge in [-0.3, -0.25) is 13.9 Å². The second-order valence-electron chi connectivity index (χ2n) is 10.8. The van der Waals surface area contributed by atoms with E-state index in [1.54, 1.807) is 36.4 Å². The molecule has 0 aliphatic carbocycles. The number of sulfonamides is 1. The average Bonchev–Trinajstić information content (AvgIpc) is 3.03. The van der Waals surface area contributed by atoms with E-state index in [1.165, 1.54) is 17.0 Å². The highest BCUT2D eigenvalue weighted by molar-refractivity contribution is 7.92. The standard InChI is InChI=1S/C36H41N3O5S/c1-5-37-36(41)34(24-29-13-8-7-9-14-29)38(25-30-15-11-10-12-28(30)4)35(40)26-39(31-18-20-32(21-19-31)44-6-2)45(42,43)33-22-16-27(3)17-23-33/h7-23,34H,5-6,24-26H2,1-4H3,(H,37,41)/t34-/m0/s1. The maximum absolute atomic E-state index is 14.5. The van der Waals surface area contributed by atoms with E-state index in [0.29, 0.717) is 24.6 Å². The summed E-state index contributed by atoms with van der Waals surface area (Å²) in [6.45, 7) is 7.97. The highest BCUT2D eigenvalue weighted by Crippen LogP contribution is 2.27. The number of hydrogen-bond donors (Lipinski definition) is 1. The van der Waals surface area contributed by atoms with Crippen molar-refractivity contribution >= 4 is 27.5 Å². The lowest BCUT2D eigenvalue weighted by Gasteiger charge is -2.34. The molecule has 9 heteroatoms. The van der Waals surface area contributed by atoms with Gasteiger partial charge in [0.25, 0.3) is 10.0 Å². The largest absolute Gasteiger partial charge is 0.494 e. The van der Waals surface area contributed by atoms with Crippen LogP contribution in [0.5, 0.6) is 5.75 Å². The first-order valence-electron chi connectivity index (χ1n) is 15.1. The van der Waals surface area contributed by atoms with Crippen molar-refractivity contribution in [2.75, 3.05) is 24.0 Å². The lowest BCUT2D eigenvalue weighted by molar-refractivity contribution is -0.140. The van der Waals surface area contributed by atoms with Crippen molar-refractivity contribution < 1.29 is 22.7 Å². The van der Waals surface area contributed by atoms with Crippen molar-refractivity contribution in [2.24, 2.45) is 0 Å². The van der Waals surface area contributed by atoms with Gasteiger partial charge in [0.1, 0.15) is 18.3 Å². The van der Waals surface area contributed by atoms with Crippen molar-refractivity contribution in [2.45, 2.75) is 51.6 Å². The van der Waals surface area contributed by atoms with Crippen LogP contribution in [0, 0.1) is 13.8 Å². The van der Waals surface area contributed by atoms with E-state index >= 15 is 0 Å². The van der Waals surface area contributed by atoms with E-state index < -0.39 is 28.5 Å². The van der Waals surface area contributed by atoms with E-state index in [-0.39, 0.29) is 23.8 Å². The van der Waals surface area contributed by atoms with Crippen LogP contribution in [0.3, 0.4) is 0 Å². The summed E-state index contributed by atoms with van der Waals surface area (Å²) in [6, 6.07) is 29.4. The Morgan fingerprint density at radius 3 is 2.09 bits per heavy atom. The Balaban J connectivity index is 1.80. The molecule has 4 aromatic rings. The smallest absolute Gasteiger partial charge is 0.264 e. The highest BCUT2D eigenvalue weighted by Gasteiger charge is 2.34. The molecule has 0 unspecified atom stereocenters. The molecule has 0 fully saturated rings. The van der Waals surface area contributed by atoms with E-state index in [2.05, 4.69) is 5.32 Å². The fraction of sp³-hybridized carbons (Fsp3) is 0.278. The minimum absolute atomic E-state index is 0.0600. The number of nitrogens with one attached hydrogen (secondary N) is 1. The number of ether oxygens (including phenoxy) is 1. The number of amides is 2. The van der Waals surface area contributed by atoms with Crippen LogP contribution in [0.2, 0.25) is 0 Å². The maximum Gasteiger partial charge on any atom is 0.264 e. The van der Waals surface area contributed by atoms with Gasteiger partial charge in [-0.25, -0.2) is 8.42 Å². The third kappa shape index (κ3) is 8.51. The number of hydrogen-bond acceptors (Lipinski definition) is 5. The normalized spacial score (nSPS) is 11.8. The SMILES string of the molecule is CCNC(=O)[C@H](Cc1ccccc1)N(Cc1ccccc1C)C(=O)CN(c1ccc(OCC)cc1)S(=O)(=O)c1ccc(C)cc1. The number of rotatable bonds is 14. The summed E-state index contributed by atoms with van der Waals surface area (Å²) in [4.78, 5) is 29.7. The molecule has 8 nitrogen and oxygen atoms in total. The molecular weight excluding hydrogens is 586 g/mol. The van der Waals surface area contributed by atoms with Crippen LogP contribution in [0.15, 0.2) is 108 Å². The predicted molar refractivity (Wildman–Crippen MR) is 178 cm³/mol. The quantitative estimate of drug-likeness (QED) is 0.194. The molecule has 0 spiro atoms. The Hall–Kier alpha value is -4.63. The van der Waals surface area contributed by atoms with Crippen LogP contribution in [-0.4, -0.2) is 50.9 Å². The molecule has 0 aliphatic rings. The zero-order valence-electron chi connectivity index (χ0n) is 26.3. The van der Waals surface area contributed by atoms with Crippen LogP contribution in [0.25, 0.3) is 0 Å². The second-order valence-corrected chi connectivity index (χ2v) is 12.7. The molecular formula is C36H41N3O5S.